The van der Waals surface area contributed by atoms with Crippen LogP contribution in [-0.2, 0) is 23.9 Å². The van der Waals surface area contributed by atoms with E-state index in [1.165, 1.54) is 36.2 Å². The highest BCUT2D eigenvalue weighted by Gasteiger charge is 2.43. The number of hydrogen-bond donors (Lipinski definition) is 3. The lowest BCUT2D eigenvalue weighted by Crippen LogP contribution is -2.34. The Labute approximate surface area is 283 Å². The molecular formula is C31H45F5N8O3S. The minimum Gasteiger partial charge on any atom is -0.462 e. The molecule has 1 saturated heterocycles. The second-order valence-electron chi connectivity index (χ2n) is 11.3. The first-order valence-electron chi connectivity index (χ1n) is 14.9. The Morgan fingerprint density at radius 2 is 1.96 bits per heavy atom. The fraction of sp³-hybridized carbons (Fsp3) is 0.548. The molecule has 1 aromatic carbocycles. The number of aryl methyl sites for hydroxylation is 1. The molecule has 5 rings (SSSR count). The van der Waals surface area contributed by atoms with Gasteiger partial charge in [0.2, 0.25) is 5.91 Å². The maximum Gasteiger partial charge on any atom is 0.418 e. The van der Waals surface area contributed by atoms with Crippen LogP contribution in [-0.4, -0.2) is 99.4 Å². The molecule has 0 bridgehead atoms. The maximum absolute atomic E-state index is 14.1. The van der Waals surface area contributed by atoms with Crippen LogP contribution in [0.2, 0.25) is 0 Å². The molecule has 4 N–H and O–H groups in total. The predicted molar refractivity (Wildman–Crippen MR) is 180 cm³/mol. The number of likely N-dealkylation sites (tertiary alicyclic amines) is 1. The third-order valence-corrected chi connectivity index (χ3v) is 8.08. The molecule has 1 atom stereocenters. The molecule has 268 valence electrons. The molecule has 17 heteroatoms. The van der Waals surface area contributed by atoms with Crippen molar-refractivity contribution in [1.82, 2.24) is 30.0 Å². The number of carbonyl (C=O) groups excluding carboxylic acids is 1. The highest BCUT2D eigenvalue weighted by atomic mass is 32.1. The summed E-state index contributed by atoms with van der Waals surface area (Å²) >= 11 is 0. The van der Waals surface area contributed by atoms with Crippen LogP contribution in [0.1, 0.15) is 50.1 Å². The molecular weight excluding hydrogens is 659 g/mol. The zero-order valence-corrected chi connectivity index (χ0v) is 27.7. The number of aromatic nitrogens is 4. The molecule has 2 aliphatic heterocycles. The molecule has 0 unspecified atom stereocenters. The molecule has 1 amide bonds. The Hall–Kier alpha value is -3.70. The minimum absolute atomic E-state index is 0. The number of H-pyrrole nitrogens is 1. The van der Waals surface area contributed by atoms with E-state index in [2.05, 4.69) is 20.2 Å². The summed E-state index contributed by atoms with van der Waals surface area (Å²) in [5.41, 5.74) is 7.07. The number of aliphatic hydroxyl groups is 1. The van der Waals surface area contributed by atoms with Crippen molar-refractivity contribution in [3.05, 3.63) is 46.8 Å². The van der Waals surface area contributed by atoms with E-state index in [0.717, 1.165) is 0 Å². The number of rotatable bonds is 8. The number of nitrogens with zero attached hydrogens (tertiary/aromatic N) is 6. The molecule has 48 heavy (non-hydrogen) atoms. The number of aromatic amines is 1. The zero-order valence-electron chi connectivity index (χ0n) is 26.7. The number of hydrogen-bond acceptors (Lipinski definition) is 9. The number of carbonyl (C=O) groups is 1. The third kappa shape index (κ3) is 9.25. The van der Waals surface area contributed by atoms with Gasteiger partial charge in [0.25, 0.3) is 5.92 Å². The van der Waals surface area contributed by atoms with Crippen LogP contribution < -0.4 is 15.4 Å². The van der Waals surface area contributed by atoms with Crippen molar-refractivity contribution in [2.75, 3.05) is 57.1 Å². The number of nitrogen functional groups attached to an aromatic ring is 1. The molecule has 0 aliphatic carbocycles. The lowest BCUT2D eigenvalue weighted by molar-refractivity contribution is -0.137. The van der Waals surface area contributed by atoms with Crippen LogP contribution in [0, 0.1) is 6.92 Å². The molecule has 1 fully saturated rings. The number of alkyl halides is 5. The van der Waals surface area contributed by atoms with Gasteiger partial charge in [-0.3, -0.25) is 14.8 Å². The largest absolute Gasteiger partial charge is 0.462 e. The number of amides is 1. The van der Waals surface area contributed by atoms with Gasteiger partial charge >= 0.3 is 12.2 Å². The summed E-state index contributed by atoms with van der Waals surface area (Å²) < 4.78 is 75.1. The maximum atomic E-state index is 14.1. The number of nitrogens with one attached hydrogen (secondary N) is 1. The summed E-state index contributed by atoms with van der Waals surface area (Å²) in [6, 6.07) is 0.834. The number of fused-ring (bicyclic) bond motifs is 2. The SMILES string of the molecule is C.CCN(CC)C(=O)/C=C/CO.Cc1cc2[nH]ncc2c(N2CCc3c(N)nc(OC[C@@H]4CC(F)(F)CN4C)nc3C2)c1C(F)(F)F.S. The van der Waals surface area contributed by atoms with E-state index in [1.54, 1.807) is 16.8 Å². The standard InChI is InChI=1S/C22H24F5N7O.C8H15NO2.CH4.H2S/c1-11-5-15-14(7-29-32-15)18(17(11)22(25,26)27)34-4-3-13-16(8-34)30-20(31-19(13)28)35-9-12-6-21(23,24)10-33(12)2;1-3-9(4-2)8(11)6-5-7-10;;/h5,7,12H,3-4,6,8-10H2,1-2H3,(H,29,32)(H2,28,30,31);5-6,10H,3-4,7H2,1-2H3;1H4;1H2/b;6-5+;;/t12-;;;/m0.../s1. The van der Waals surface area contributed by atoms with Crippen molar-refractivity contribution in [2.24, 2.45) is 0 Å². The molecule has 0 radical (unpaired) electrons. The van der Waals surface area contributed by atoms with Crippen LogP contribution in [0.3, 0.4) is 0 Å². The smallest absolute Gasteiger partial charge is 0.418 e. The molecule has 3 aromatic rings. The number of anilines is 2. The van der Waals surface area contributed by atoms with Gasteiger partial charge in [-0.2, -0.15) is 41.7 Å². The van der Waals surface area contributed by atoms with Crippen LogP contribution in [0.5, 0.6) is 6.01 Å². The average Bonchev–Trinajstić information content (AvgIpc) is 3.56. The van der Waals surface area contributed by atoms with Gasteiger partial charge in [0.05, 0.1) is 48.4 Å². The zero-order chi connectivity index (χ0) is 33.8. The van der Waals surface area contributed by atoms with Crippen molar-refractivity contribution in [3.63, 3.8) is 0 Å². The highest BCUT2D eigenvalue weighted by Crippen LogP contribution is 2.44. The summed E-state index contributed by atoms with van der Waals surface area (Å²) in [5, 5.41) is 15.4. The van der Waals surface area contributed by atoms with Crippen molar-refractivity contribution < 1.29 is 36.6 Å². The fourth-order valence-corrected chi connectivity index (χ4v) is 5.79. The van der Waals surface area contributed by atoms with E-state index in [1.807, 2.05) is 13.8 Å². The second-order valence-corrected chi connectivity index (χ2v) is 11.3. The van der Waals surface area contributed by atoms with Gasteiger partial charge in [-0.15, -0.1) is 0 Å². The molecule has 2 aromatic heterocycles. The summed E-state index contributed by atoms with van der Waals surface area (Å²) in [7, 11) is 1.59. The molecule has 2 aliphatic rings. The molecule has 0 saturated carbocycles. The third-order valence-electron chi connectivity index (χ3n) is 8.08. The van der Waals surface area contributed by atoms with Gasteiger partial charge in [-0.1, -0.05) is 13.5 Å². The first kappa shape index (κ1) is 40.5. The van der Waals surface area contributed by atoms with Gasteiger partial charge in [0, 0.05) is 49.1 Å². The summed E-state index contributed by atoms with van der Waals surface area (Å²) in [4.78, 5) is 24.4. The van der Waals surface area contributed by atoms with Crippen LogP contribution >= 0.6 is 13.5 Å². The normalized spacial score (nSPS) is 17.3. The van der Waals surface area contributed by atoms with Crippen molar-refractivity contribution in [2.45, 2.75) is 65.7 Å². The van der Waals surface area contributed by atoms with Crippen LogP contribution in [0.4, 0.5) is 33.5 Å². The highest BCUT2D eigenvalue weighted by molar-refractivity contribution is 7.59. The van der Waals surface area contributed by atoms with E-state index in [4.69, 9.17) is 15.6 Å². The van der Waals surface area contributed by atoms with Crippen molar-refractivity contribution >= 4 is 41.8 Å². The number of halogens is 5. The second kappa shape index (κ2) is 16.6. The lowest BCUT2D eigenvalue weighted by Gasteiger charge is -2.33. The first-order chi connectivity index (χ1) is 21.7. The topological polar surface area (TPSA) is 137 Å². The van der Waals surface area contributed by atoms with Crippen molar-refractivity contribution in [3.8, 4) is 6.01 Å². The van der Waals surface area contributed by atoms with Gasteiger partial charge in [0.15, 0.2) is 0 Å². The average molecular weight is 705 g/mol. The Kier molecular flexibility index (Phi) is 14.0. The number of ether oxygens (including phenoxy) is 1. The molecule has 11 nitrogen and oxygen atoms in total. The quantitative estimate of drug-likeness (QED) is 0.225. The first-order valence-corrected chi connectivity index (χ1v) is 14.9. The van der Waals surface area contributed by atoms with Gasteiger partial charge in [-0.05, 0) is 45.9 Å². The van der Waals surface area contributed by atoms with E-state index >= 15 is 0 Å². The van der Waals surface area contributed by atoms with E-state index < -0.39 is 23.7 Å². The summed E-state index contributed by atoms with van der Waals surface area (Å²) in [5.74, 6) is -2.66. The number of likely N-dealkylation sites (N-methyl/N-ethyl adjacent to an activating group) is 2. The monoisotopic (exact) mass is 704 g/mol. The summed E-state index contributed by atoms with van der Waals surface area (Å²) in [6.07, 6.45) is -0.353. The summed E-state index contributed by atoms with van der Waals surface area (Å²) in [6.45, 7) is 6.53. The van der Waals surface area contributed by atoms with Crippen LogP contribution in [0.15, 0.2) is 24.4 Å². The van der Waals surface area contributed by atoms with Crippen molar-refractivity contribution in [1.29, 1.82) is 0 Å². The Bertz CT molecular complexity index is 1570. The molecule has 4 heterocycles. The Balaban J connectivity index is 0.000000534. The molecule has 0 spiro atoms. The Morgan fingerprint density at radius 1 is 1.27 bits per heavy atom. The predicted octanol–water partition coefficient (Wildman–Crippen LogP) is 4.70. The van der Waals surface area contributed by atoms with E-state index in [9.17, 15) is 26.7 Å². The lowest BCUT2D eigenvalue weighted by atomic mass is 9.98. The van der Waals surface area contributed by atoms with Gasteiger partial charge in [0.1, 0.15) is 12.4 Å². The number of aliphatic hydroxyl groups excluding tert-OH is 1. The Morgan fingerprint density at radius 3 is 2.54 bits per heavy atom. The minimum atomic E-state index is -4.57. The fourth-order valence-electron chi connectivity index (χ4n) is 5.79. The van der Waals surface area contributed by atoms with Gasteiger partial charge in [-0.25, -0.2) is 8.78 Å². The van der Waals surface area contributed by atoms with E-state index in [-0.39, 0.29) is 89.2 Å². The van der Waals surface area contributed by atoms with Gasteiger partial charge < -0.3 is 25.4 Å². The number of nitrogens with two attached hydrogens (primary N) is 1. The van der Waals surface area contributed by atoms with Crippen LogP contribution in [0.25, 0.3) is 10.9 Å². The number of benzene rings is 1. The van der Waals surface area contributed by atoms with E-state index in [0.29, 0.717) is 41.7 Å².